The van der Waals surface area contributed by atoms with Gasteiger partial charge in [0.05, 0.1) is 7.11 Å². The third-order valence-corrected chi connectivity index (χ3v) is 2.17. The van der Waals surface area contributed by atoms with Crippen molar-refractivity contribution in [3.8, 4) is 5.75 Å². The van der Waals surface area contributed by atoms with Gasteiger partial charge in [0, 0.05) is 19.2 Å². The van der Waals surface area contributed by atoms with Crippen molar-refractivity contribution >= 4 is 6.41 Å². The van der Waals surface area contributed by atoms with Crippen LogP contribution in [0.5, 0.6) is 5.75 Å². The van der Waals surface area contributed by atoms with Gasteiger partial charge in [-0.15, -0.1) is 0 Å². The molecule has 76 valence electrons. The van der Waals surface area contributed by atoms with E-state index in [9.17, 15) is 4.79 Å². The topological polar surface area (TPSA) is 29.5 Å². The molecule has 1 rings (SSSR count). The van der Waals surface area contributed by atoms with E-state index >= 15 is 0 Å². The zero-order chi connectivity index (χ0) is 10.6. The Kier molecular flexibility index (Phi) is 3.51. The van der Waals surface area contributed by atoms with Crippen molar-refractivity contribution in [1.82, 2.24) is 4.90 Å². The Morgan fingerprint density at radius 3 is 2.79 bits per heavy atom. The highest BCUT2D eigenvalue weighted by molar-refractivity contribution is 5.48. The SMILES string of the molecule is COc1cccc(C)c1CN(C)C=O. The number of aryl methyl sites for hydroxylation is 1. The number of rotatable bonds is 4. The number of hydrogen-bond acceptors (Lipinski definition) is 2. The third-order valence-electron chi connectivity index (χ3n) is 2.17. The maximum Gasteiger partial charge on any atom is 0.209 e. The largest absolute Gasteiger partial charge is 0.496 e. The summed E-state index contributed by atoms with van der Waals surface area (Å²) in [6.45, 7) is 2.59. The van der Waals surface area contributed by atoms with E-state index in [1.165, 1.54) is 0 Å². The molecule has 0 fully saturated rings. The molecular formula is C11H15NO2. The molecule has 0 saturated carbocycles. The van der Waals surface area contributed by atoms with Gasteiger partial charge in [0.2, 0.25) is 6.41 Å². The van der Waals surface area contributed by atoms with Crippen molar-refractivity contribution in [2.75, 3.05) is 14.2 Å². The molecule has 1 amide bonds. The summed E-state index contributed by atoms with van der Waals surface area (Å²) in [6.07, 6.45) is 0.811. The number of amides is 1. The van der Waals surface area contributed by atoms with Gasteiger partial charge in [-0.2, -0.15) is 0 Å². The first-order valence-electron chi connectivity index (χ1n) is 4.47. The van der Waals surface area contributed by atoms with Crippen molar-refractivity contribution in [3.05, 3.63) is 29.3 Å². The second kappa shape index (κ2) is 4.65. The molecule has 0 unspecified atom stereocenters. The highest BCUT2D eigenvalue weighted by Gasteiger charge is 2.07. The van der Waals surface area contributed by atoms with Gasteiger partial charge in [0.15, 0.2) is 0 Å². The molecule has 0 atom stereocenters. The van der Waals surface area contributed by atoms with E-state index in [0.29, 0.717) is 6.54 Å². The molecule has 1 aromatic rings. The van der Waals surface area contributed by atoms with Gasteiger partial charge in [0.1, 0.15) is 5.75 Å². The van der Waals surface area contributed by atoms with E-state index in [2.05, 4.69) is 0 Å². The van der Waals surface area contributed by atoms with Crippen LogP contribution in [0.4, 0.5) is 0 Å². The van der Waals surface area contributed by atoms with Crippen LogP contribution in [0.25, 0.3) is 0 Å². The number of methoxy groups -OCH3 is 1. The number of carbonyl (C=O) groups is 1. The molecule has 3 nitrogen and oxygen atoms in total. The minimum Gasteiger partial charge on any atom is -0.496 e. The fourth-order valence-electron chi connectivity index (χ4n) is 1.36. The highest BCUT2D eigenvalue weighted by Crippen LogP contribution is 2.22. The average Bonchev–Trinajstić information content (AvgIpc) is 2.20. The van der Waals surface area contributed by atoms with Crippen LogP contribution in [0, 0.1) is 6.92 Å². The Labute approximate surface area is 84.3 Å². The molecule has 0 aromatic heterocycles. The van der Waals surface area contributed by atoms with E-state index in [1.54, 1.807) is 19.1 Å². The molecule has 0 saturated heterocycles. The Morgan fingerprint density at radius 1 is 1.50 bits per heavy atom. The number of ether oxygens (including phenoxy) is 1. The standard InChI is InChI=1S/C11H15NO2/c1-9-5-4-6-11(14-3)10(9)7-12(2)8-13/h4-6,8H,7H2,1-3H3. The van der Waals surface area contributed by atoms with Crippen LogP contribution in [0.3, 0.4) is 0 Å². The predicted molar refractivity (Wildman–Crippen MR) is 55.3 cm³/mol. The summed E-state index contributed by atoms with van der Waals surface area (Å²) < 4.78 is 5.23. The van der Waals surface area contributed by atoms with Crippen LogP contribution in [0.2, 0.25) is 0 Å². The molecule has 3 heteroatoms. The van der Waals surface area contributed by atoms with Crippen molar-refractivity contribution in [1.29, 1.82) is 0 Å². The first-order valence-corrected chi connectivity index (χ1v) is 4.47. The average molecular weight is 193 g/mol. The molecule has 0 heterocycles. The van der Waals surface area contributed by atoms with Gasteiger partial charge in [-0.05, 0) is 18.6 Å². The zero-order valence-corrected chi connectivity index (χ0v) is 8.78. The van der Waals surface area contributed by atoms with E-state index < -0.39 is 0 Å². The van der Waals surface area contributed by atoms with Gasteiger partial charge in [-0.25, -0.2) is 0 Å². The first-order chi connectivity index (χ1) is 6.69. The molecule has 0 aliphatic carbocycles. The lowest BCUT2D eigenvalue weighted by Gasteiger charge is -2.15. The zero-order valence-electron chi connectivity index (χ0n) is 8.78. The fourth-order valence-corrected chi connectivity index (χ4v) is 1.36. The summed E-state index contributed by atoms with van der Waals surface area (Å²) >= 11 is 0. The predicted octanol–water partition coefficient (Wildman–Crippen LogP) is 1.59. The molecule has 0 bridgehead atoms. The maximum atomic E-state index is 10.5. The number of carbonyl (C=O) groups excluding carboxylic acids is 1. The quantitative estimate of drug-likeness (QED) is 0.680. The second-order valence-electron chi connectivity index (χ2n) is 3.28. The molecule has 0 radical (unpaired) electrons. The molecule has 14 heavy (non-hydrogen) atoms. The molecule has 0 aliphatic rings. The summed E-state index contributed by atoms with van der Waals surface area (Å²) in [7, 11) is 3.39. The van der Waals surface area contributed by atoms with Crippen molar-refractivity contribution in [3.63, 3.8) is 0 Å². The van der Waals surface area contributed by atoms with Gasteiger partial charge in [-0.3, -0.25) is 4.79 Å². The number of nitrogens with zero attached hydrogens (tertiary/aromatic N) is 1. The van der Waals surface area contributed by atoms with Gasteiger partial charge in [-0.1, -0.05) is 12.1 Å². The summed E-state index contributed by atoms with van der Waals surface area (Å²) in [5.41, 5.74) is 2.20. The normalized spacial score (nSPS) is 9.64. The maximum absolute atomic E-state index is 10.5. The Hall–Kier alpha value is -1.51. The lowest BCUT2D eigenvalue weighted by Crippen LogP contribution is -2.16. The minimum absolute atomic E-state index is 0.583. The lowest BCUT2D eigenvalue weighted by molar-refractivity contribution is -0.117. The van der Waals surface area contributed by atoms with Gasteiger partial charge >= 0.3 is 0 Å². The first kappa shape index (κ1) is 10.6. The molecule has 0 spiro atoms. The highest BCUT2D eigenvalue weighted by atomic mass is 16.5. The van der Waals surface area contributed by atoms with Crippen LogP contribution < -0.4 is 4.74 Å². The van der Waals surface area contributed by atoms with E-state index in [1.807, 2.05) is 25.1 Å². The molecule has 1 aromatic carbocycles. The number of hydrogen-bond donors (Lipinski definition) is 0. The molecule has 0 N–H and O–H groups in total. The van der Waals surface area contributed by atoms with E-state index in [4.69, 9.17) is 4.74 Å². The van der Waals surface area contributed by atoms with Crippen LogP contribution in [-0.4, -0.2) is 25.5 Å². The van der Waals surface area contributed by atoms with Crippen molar-refractivity contribution in [2.45, 2.75) is 13.5 Å². The van der Waals surface area contributed by atoms with Gasteiger partial charge < -0.3 is 9.64 Å². The summed E-state index contributed by atoms with van der Waals surface area (Å²) in [5, 5.41) is 0. The summed E-state index contributed by atoms with van der Waals surface area (Å²) in [6, 6.07) is 5.86. The van der Waals surface area contributed by atoms with Crippen molar-refractivity contribution in [2.24, 2.45) is 0 Å². The van der Waals surface area contributed by atoms with Crippen LogP contribution in [0.15, 0.2) is 18.2 Å². The lowest BCUT2D eigenvalue weighted by atomic mass is 10.1. The Balaban J connectivity index is 2.98. The Bertz CT molecular complexity index is 323. The smallest absolute Gasteiger partial charge is 0.209 e. The van der Waals surface area contributed by atoms with Crippen LogP contribution in [-0.2, 0) is 11.3 Å². The fraction of sp³-hybridized carbons (Fsp3) is 0.364. The number of benzene rings is 1. The van der Waals surface area contributed by atoms with Gasteiger partial charge in [0.25, 0.3) is 0 Å². The van der Waals surface area contributed by atoms with E-state index in [0.717, 1.165) is 23.3 Å². The summed E-state index contributed by atoms with van der Waals surface area (Å²) in [4.78, 5) is 12.1. The minimum atomic E-state index is 0.583. The molecular weight excluding hydrogens is 178 g/mol. The molecule has 0 aliphatic heterocycles. The summed E-state index contributed by atoms with van der Waals surface area (Å²) in [5.74, 6) is 0.832. The Morgan fingerprint density at radius 2 is 2.21 bits per heavy atom. The second-order valence-corrected chi connectivity index (χ2v) is 3.28. The van der Waals surface area contributed by atoms with Crippen molar-refractivity contribution < 1.29 is 9.53 Å². The van der Waals surface area contributed by atoms with Crippen LogP contribution >= 0.6 is 0 Å². The van der Waals surface area contributed by atoms with Crippen LogP contribution in [0.1, 0.15) is 11.1 Å². The third kappa shape index (κ3) is 2.25. The monoisotopic (exact) mass is 193 g/mol. The van der Waals surface area contributed by atoms with E-state index in [-0.39, 0.29) is 0 Å².